The molecular formula is C9H15N3O2S. The number of benzene rings is 1. The van der Waals surface area contributed by atoms with Crippen LogP contribution in [0.4, 0.5) is 11.4 Å². The Morgan fingerprint density at radius 3 is 2.33 bits per heavy atom. The number of sulfonamides is 1. The Hall–Kier alpha value is -1.27. The lowest BCUT2D eigenvalue weighted by Crippen LogP contribution is -2.20. The van der Waals surface area contributed by atoms with Gasteiger partial charge in [0, 0.05) is 19.8 Å². The Labute approximate surface area is 89.9 Å². The molecule has 0 bridgehead atoms. The highest BCUT2D eigenvalue weighted by atomic mass is 32.2. The lowest BCUT2D eigenvalue weighted by Gasteiger charge is -2.14. The minimum atomic E-state index is -3.46. The average Bonchev–Trinajstić information content (AvgIpc) is 2.17. The number of anilines is 2. The van der Waals surface area contributed by atoms with Crippen LogP contribution in [0, 0.1) is 0 Å². The molecule has 0 unspecified atom stereocenters. The Morgan fingerprint density at radius 2 is 1.93 bits per heavy atom. The molecule has 0 atom stereocenters. The van der Waals surface area contributed by atoms with Crippen LogP contribution >= 0.6 is 0 Å². The molecule has 15 heavy (non-hydrogen) atoms. The van der Waals surface area contributed by atoms with E-state index in [1.807, 2.05) is 19.0 Å². The number of hydrogen-bond donors (Lipinski definition) is 2. The van der Waals surface area contributed by atoms with E-state index >= 15 is 0 Å². The van der Waals surface area contributed by atoms with Crippen LogP contribution < -0.4 is 15.4 Å². The van der Waals surface area contributed by atoms with Gasteiger partial charge in [-0.1, -0.05) is 0 Å². The maximum absolute atomic E-state index is 11.5. The molecule has 0 saturated heterocycles. The van der Waals surface area contributed by atoms with E-state index in [2.05, 4.69) is 4.72 Å². The van der Waals surface area contributed by atoms with Gasteiger partial charge in [0.2, 0.25) is 10.0 Å². The van der Waals surface area contributed by atoms with Crippen molar-refractivity contribution in [3.8, 4) is 0 Å². The highest BCUT2D eigenvalue weighted by Crippen LogP contribution is 2.23. The van der Waals surface area contributed by atoms with Crippen LogP contribution in [0.3, 0.4) is 0 Å². The zero-order valence-electron chi connectivity index (χ0n) is 8.98. The van der Waals surface area contributed by atoms with Gasteiger partial charge in [0.25, 0.3) is 0 Å². The molecule has 0 spiro atoms. The van der Waals surface area contributed by atoms with Gasteiger partial charge in [0.1, 0.15) is 4.90 Å². The number of nitrogens with one attached hydrogen (secondary N) is 1. The fraction of sp³-hybridized carbons (Fsp3) is 0.333. The molecule has 1 aromatic rings. The van der Waals surface area contributed by atoms with Gasteiger partial charge in [-0.05, 0) is 25.2 Å². The van der Waals surface area contributed by atoms with Crippen molar-refractivity contribution in [2.24, 2.45) is 0 Å². The summed E-state index contributed by atoms with van der Waals surface area (Å²) in [4.78, 5) is 1.96. The van der Waals surface area contributed by atoms with E-state index in [0.29, 0.717) is 0 Å². The van der Waals surface area contributed by atoms with E-state index in [4.69, 9.17) is 5.73 Å². The predicted octanol–water partition coefficient (Wildman–Crippen LogP) is 0.243. The highest BCUT2D eigenvalue weighted by molar-refractivity contribution is 7.89. The second-order valence-corrected chi connectivity index (χ2v) is 5.18. The van der Waals surface area contributed by atoms with Crippen LogP contribution in [0.1, 0.15) is 0 Å². The third-order valence-electron chi connectivity index (χ3n) is 2.07. The molecule has 0 aliphatic rings. The summed E-state index contributed by atoms with van der Waals surface area (Å²) in [6.45, 7) is 0. The molecule has 0 fully saturated rings. The monoisotopic (exact) mass is 229 g/mol. The van der Waals surface area contributed by atoms with Crippen molar-refractivity contribution in [1.82, 2.24) is 4.72 Å². The van der Waals surface area contributed by atoms with Crippen molar-refractivity contribution in [3.63, 3.8) is 0 Å². The summed E-state index contributed by atoms with van der Waals surface area (Å²) in [6, 6.07) is 4.83. The molecule has 3 N–H and O–H groups in total. The maximum atomic E-state index is 11.5. The summed E-state index contributed by atoms with van der Waals surface area (Å²) < 4.78 is 25.2. The van der Waals surface area contributed by atoms with Gasteiger partial charge in [0.15, 0.2) is 0 Å². The lowest BCUT2D eigenvalue weighted by atomic mass is 10.3. The number of nitrogen functional groups attached to an aromatic ring is 1. The molecule has 0 heterocycles. The topological polar surface area (TPSA) is 75.4 Å². The maximum Gasteiger partial charge on any atom is 0.242 e. The molecule has 0 aromatic heterocycles. The molecule has 0 aliphatic heterocycles. The van der Waals surface area contributed by atoms with Crippen LogP contribution in [-0.2, 0) is 10.0 Å². The van der Waals surface area contributed by atoms with Gasteiger partial charge in [-0.25, -0.2) is 13.1 Å². The molecule has 0 saturated carbocycles. The first kappa shape index (κ1) is 11.8. The van der Waals surface area contributed by atoms with Gasteiger partial charge in [-0.3, -0.25) is 0 Å². The van der Waals surface area contributed by atoms with Gasteiger partial charge in [-0.2, -0.15) is 0 Å². The van der Waals surface area contributed by atoms with Crippen LogP contribution in [-0.4, -0.2) is 29.6 Å². The molecule has 0 aliphatic carbocycles. The van der Waals surface area contributed by atoms with E-state index in [0.717, 1.165) is 5.69 Å². The van der Waals surface area contributed by atoms with Crippen molar-refractivity contribution < 1.29 is 8.42 Å². The lowest BCUT2D eigenvalue weighted by molar-refractivity contribution is 0.588. The molecule has 84 valence electrons. The minimum Gasteiger partial charge on any atom is -0.398 e. The molecule has 0 amide bonds. The smallest absolute Gasteiger partial charge is 0.242 e. The third-order valence-corrected chi connectivity index (χ3v) is 3.56. The predicted molar refractivity (Wildman–Crippen MR) is 61.4 cm³/mol. The van der Waals surface area contributed by atoms with E-state index in [1.165, 1.54) is 13.1 Å². The minimum absolute atomic E-state index is 0.107. The molecule has 5 nitrogen and oxygen atoms in total. The van der Waals surface area contributed by atoms with Gasteiger partial charge < -0.3 is 10.6 Å². The number of hydrogen-bond acceptors (Lipinski definition) is 4. The van der Waals surface area contributed by atoms with Crippen molar-refractivity contribution in [2.45, 2.75) is 4.90 Å². The first-order chi connectivity index (χ1) is 6.88. The number of nitrogens with two attached hydrogens (primary N) is 1. The summed E-state index contributed by atoms with van der Waals surface area (Å²) in [5.41, 5.74) is 6.78. The van der Waals surface area contributed by atoms with Crippen LogP contribution in [0.2, 0.25) is 0 Å². The van der Waals surface area contributed by atoms with Crippen LogP contribution in [0.25, 0.3) is 0 Å². The highest BCUT2D eigenvalue weighted by Gasteiger charge is 2.15. The standard InChI is InChI=1S/C9H15N3O2S/c1-11-15(13,14)9-5-4-7(12(2)3)6-8(9)10/h4-6,11H,10H2,1-3H3. The quantitative estimate of drug-likeness (QED) is 0.728. The SMILES string of the molecule is CNS(=O)(=O)c1ccc(N(C)C)cc1N. The second-order valence-electron chi connectivity index (χ2n) is 3.32. The van der Waals surface area contributed by atoms with E-state index < -0.39 is 10.0 Å². The number of rotatable bonds is 3. The second kappa shape index (κ2) is 4.08. The van der Waals surface area contributed by atoms with Crippen LogP contribution in [0.5, 0.6) is 0 Å². The first-order valence-corrected chi connectivity index (χ1v) is 5.87. The summed E-state index contributed by atoms with van der Waals surface area (Å²) in [5.74, 6) is 0. The first-order valence-electron chi connectivity index (χ1n) is 4.39. The summed E-state index contributed by atoms with van der Waals surface area (Å²) >= 11 is 0. The molecule has 6 heteroatoms. The fourth-order valence-electron chi connectivity index (χ4n) is 1.17. The molecule has 0 radical (unpaired) electrons. The van der Waals surface area contributed by atoms with Crippen molar-refractivity contribution in [1.29, 1.82) is 0 Å². The molecule has 1 rings (SSSR count). The number of nitrogens with zero attached hydrogens (tertiary/aromatic N) is 1. The van der Waals surface area contributed by atoms with Crippen molar-refractivity contribution in [3.05, 3.63) is 18.2 Å². The Balaban J connectivity index is 3.26. The Bertz CT molecular complexity index is 454. The largest absolute Gasteiger partial charge is 0.398 e. The van der Waals surface area contributed by atoms with Gasteiger partial charge in [-0.15, -0.1) is 0 Å². The van der Waals surface area contributed by atoms with E-state index in [9.17, 15) is 8.42 Å². The Morgan fingerprint density at radius 1 is 1.33 bits per heavy atom. The normalized spacial score (nSPS) is 11.4. The van der Waals surface area contributed by atoms with Gasteiger partial charge >= 0.3 is 0 Å². The van der Waals surface area contributed by atoms with E-state index in [-0.39, 0.29) is 10.6 Å². The summed E-state index contributed by atoms with van der Waals surface area (Å²) in [6.07, 6.45) is 0. The molecular weight excluding hydrogens is 214 g/mol. The van der Waals surface area contributed by atoms with Gasteiger partial charge in [0.05, 0.1) is 5.69 Å². The van der Waals surface area contributed by atoms with Crippen molar-refractivity contribution >= 4 is 21.4 Å². The van der Waals surface area contributed by atoms with Crippen LogP contribution in [0.15, 0.2) is 23.1 Å². The summed E-state index contributed by atoms with van der Waals surface area (Å²) in [7, 11) is 1.62. The zero-order chi connectivity index (χ0) is 11.6. The Kier molecular flexibility index (Phi) is 3.21. The molecule has 1 aromatic carbocycles. The average molecular weight is 229 g/mol. The third kappa shape index (κ3) is 2.40. The summed E-state index contributed by atoms with van der Waals surface area (Å²) in [5, 5.41) is 0. The zero-order valence-corrected chi connectivity index (χ0v) is 9.80. The fourth-order valence-corrected chi connectivity index (χ4v) is 2.01. The van der Waals surface area contributed by atoms with Crippen molar-refractivity contribution in [2.75, 3.05) is 31.8 Å². The van der Waals surface area contributed by atoms with E-state index in [1.54, 1.807) is 12.1 Å².